The molecule has 0 spiro atoms. The fraction of sp³-hybridized carbons (Fsp3) is 0.308. The first-order chi connectivity index (χ1) is 9.24. The van der Waals surface area contributed by atoms with E-state index < -0.39 is 17.7 Å². The maximum Gasteiger partial charge on any atom is 0.440 e. The van der Waals surface area contributed by atoms with Crippen LogP contribution in [-0.2, 0) is 9.53 Å². The van der Waals surface area contributed by atoms with Crippen molar-refractivity contribution in [2.75, 3.05) is 14.2 Å². The maximum absolute atomic E-state index is 12.7. The van der Waals surface area contributed by atoms with Gasteiger partial charge < -0.3 is 14.6 Å². The molecule has 1 N–H and O–H groups in total. The van der Waals surface area contributed by atoms with Crippen molar-refractivity contribution in [1.29, 1.82) is 0 Å². The van der Waals surface area contributed by atoms with Crippen molar-refractivity contribution >= 4 is 5.97 Å². The molecule has 20 heavy (non-hydrogen) atoms. The van der Waals surface area contributed by atoms with Crippen LogP contribution in [0, 0.1) is 11.8 Å². The van der Waals surface area contributed by atoms with Crippen LogP contribution in [0.1, 0.15) is 5.56 Å². The predicted octanol–water partition coefficient (Wildman–Crippen LogP) is 1.51. The van der Waals surface area contributed by atoms with E-state index in [0.29, 0.717) is 5.75 Å². The summed E-state index contributed by atoms with van der Waals surface area (Å²) < 4.78 is 46.9. The Hall–Kier alpha value is -2.20. The van der Waals surface area contributed by atoms with Crippen molar-refractivity contribution in [2.24, 2.45) is 0 Å². The smallest absolute Gasteiger partial charge is 0.440 e. The third-order valence-corrected chi connectivity index (χ3v) is 2.37. The van der Waals surface area contributed by atoms with Crippen LogP contribution in [0.2, 0.25) is 0 Å². The first-order valence-corrected chi connectivity index (χ1v) is 5.29. The number of benzene rings is 1. The number of methoxy groups -OCH3 is 2. The van der Waals surface area contributed by atoms with E-state index in [1.807, 2.05) is 0 Å². The van der Waals surface area contributed by atoms with E-state index in [4.69, 9.17) is 4.74 Å². The first kappa shape index (κ1) is 15.9. The Morgan fingerprint density at radius 2 is 1.75 bits per heavy atom. The lowest BCUT2D eigenvalue weighted by Crippen LogP contribution is -2.51. The molecule has 1 aromatic rings. The lowest BCUT2D eigenvalue weighted by atomic mass is 10.0. The highest BCUT2D eigenvalue weighted by atomic mass is 19.4. The Labute approximate surface area is 113 Å². The van der Waals surface area contributed by atoms with Crippen LogP contribution in [-0.4, -0.2) is 37.1 Å². The normalized spacial score (nSPS) is 13.7. The van der Waals surface area contributed by atoms with Crippen LogP contribution < -0.4 is 4.74 Å². The Morgan fingerprint density at radius 3 is 2.15 bits per heavy atom. The van der Waals surface area contributed by atoms with Crippen molar-refractivity contribution in [3.8, 4) is 17.6 Å². The highest BCUT2D eigenvalue weighted by molar-refractivity contribution is 5.84. The van der Waals surface area contributed by atoms with Crippen LogP contribution >= 0.6 is 0 Å². The molecule has 1 atom stereocenters. The quantitative estimate of drug-likeness (QED) is 0.662. The first-order valence-electron chi connectivity index (χ1n) is 5.29. The molecular formula is C13H11F3O4. The van der Waals surface area contributed by atoms with Gasteiger partial charge in [0.15, 0.2) is 0 Å². The van der Waals surface area contributed by atoms with E-state index in [1.54, 1.807) is 0 Å². The van der Waals surface area contributed by atoms with Crippen LogP contribution in [0.5, 0.6) is 5.75 Å². The summed E-state index contributed by atoms with van der Waals surface area (Å²) in [5, 5.41) is 9.38. The SMILES string of the molecule is COC(=O)[C@@](O)(C#Cc1ccc(OC)cc1)C(F)(F)F. The molecule has 7 heteroatoms. The average molecular weight is 288 g/mol. The summed E-state index contributed by atoms with van der Waals surface area (Å²) in [7, 11) is 2.16. The molecule has 0 saturated carbocycles. The van der Waals surface area contributed by atoms with Gasteiger partial charge in [0.1, 0.15) is 5.75 Å². The number of ether oxygens (including phenoxy) is 2. The number of hydrogen-bond acceptors (Lipinski definition) is 4. The average Bonchev–Trinajstić information content (AvgIpc) is 2.43. The molecule has 108 valence electrons. The van der Waals surface area contributed by atoms with Crippen molar-refractivity contribution in [2.45, 2.75) is 11.8 Å². The third-order valence-electron chi connectivity index (χ3n) is 2.37. The van der Waals surface area contributed by atoms with Crippen LogP contribution in [0.15, 0.2) is 24.3 Å². The van der Waals surface area contributed by atoms with E-state index in [1.165, 1.54) is 37.3 Å². The minimum absolute atomic E-state index is 0.178. The fourth-order valence-electron chi connectivity index (χ4n) is 1.22. The standard InChI is InChI=1S/C13H11F3O4/c1-19-10-5-3-9(4-6-10)7-8-12(18,11(17)20-2)13(14,15)16/h3-6,18H,1-2H3/t12-/m0/s1. The Balaban J connectivity index is 3.14. The monoisotopic (exact) mass is 288 g/mol. The highest BCUT2D eigenvalue weighted by Gasteiger charge is 2.60. The summed E-state index contributed by atoms with van der Waals surface area (Å²) in [6, 6.07) is 5.74. The minimum Gasteiger partial charge on any atom is -0.497 e. The number of carbonyl (C=O) groups excluding carboxylic acids is 1. The van der Waals surface area contributed by atoms with Crippen molar-refractivity contribution in [1.82, 2.24) is 0 Å². The second kappa shape index (κ2) is 5.84. The largest absolute Gasteiger partial charge is 0.497 e. The molecule has 0 bridgehead atoms. The van der Waals surface area contributed by atoms with Crippen LogP contribution in [0.3, 0.4) is 0 Å². The van der Waals surface area contributed by atoms with E-state index in [2.05, 4.69) is 10.7 Å². The van der Waals surface area contributed by atoms with Gasteiger partial charge in [-0.1, -0.05) is 5.92 Å². The molecule has 4 nitrogen and oxygen atoms in total. The van der Waals surface area contributed by atoms with Gasteiger partial charge in [-0.25, -0.2) is 4.79 Å². The van der Waals surface area contributed by atoms with Gasteiger partial charge in [0, 0.05) is 5.56 Å². The molecule has 0 heterocycles. The van der Waals surface area contributed by atoms with E-state index in [-0.39, 0.29) is 5.56 Å². The molecular weight excluding hydrogens is 277 g/mol. The zero-order valence-electron chi connectivity index (χ0n) is 10.6. The van der Waals surface area contributed by atoms with Crippen LogP contribution in [0.4, 0.5) is 13.2 Å². The number of halogens is 3. The van der Waals surface area contributed by atoms with Gasteiger partial charge in [-0.15, -0.1) is 0 Å². The van der Waals surface area contributed by atoms with Crippen molar-refractivity contribution < 1.29 is 32.5 Å². The second-order valence-electron chi connectivity index (χ2n) is 3.68. The number of aliphatic hydroxyl groups is 1. The zero-order chi connectivity index (χ0) is 15.4. The van der Waals surface area contributed by atoms with Crippen molar-refractivity contribution in [3.05, 3.63) is 29.8 Å². The number of alkyl halides is 3. The number of hydrogen-bond donors (Lipinski definition) is 1. The predicted molar refractivity (Wildman–Crippen MR) is 62.9 cm³/mol. The van der Waals surface area contributed by atoms with Gasteiger partial charge in [0.2, 0.25) is 0 Å². The Bertz CT molecular complexity index is 539. The Morgan fingerprint density at radius 1 is 1.20 bits per heavy atom. The number of rotatable bonds is 2. The second-order valence-corrected chi connectivity index (χ2v) is 3.68. The molecule has 0 aliphatic heterocycles. The third kappa shape index (κ3) is 3.22. The highest BCUT2D eigenvalue weighted by Crippen LogP contribution is 2.31. The Kier molecular flexibility index (Phi) is 4.63. The topological polar surface area (TPSA) is 55.8 Å². The van der Waals surface area contributed by atoms with E-state index in [0.717, 1.165) is 7.11 Å². The van der Waals surface area contributed by atoms with E-state index in [9.17, 15) is 23.1 Å². The van der Waals surface area contributed by atoms with Crippen molar-refractivity contribution in [3.63, 3.8) is 0 Å². The van der Waals surface area contributed by atoms with Crippen LogP contribution in [0.25, 0.3) is 0 Å². The summed E-state index contributed by atoms with van der Waals surface area (Å²) in [5.41, 5.74) is -3.68. The molecule has 1 rings (SSSR count). The summed E-state index contributed by atoms with van der Waals surface area (Å²) in [6.07, 6.45) is -5.26. The van der Waals surface area contributed by atoms with Gasteiger partial charge in [-0.2, -0.15) is 13.2 Å². The molecule has 0 saturated heterocycles. The summed E-state index contributed by atoms with van der Waals surface area (Å²) in [6.45, 7) is 0. The molecule has 0 fully saturated rings. The lowest BCUT2D eigenvalue weighted by molar-refractivity contribution is -0.241. The van der Waals surface area contributed by atoms with Gasteiger partial charge in [0.25, 0.3) is 0 Å². The van der Waals surface area contributed by atoms with Gasteiger partial charge >= 0.3 is 17.7 Å². The maximum atomic E-state index is 12.7. The number of esters is 1. The fourth-order valence-corrected chi connectivity index (χ4v) is 1.22. The molecule has 0 radical (unpaired) electrons. The number of carbonyl (C=O) groups is 1. The molecule has 0 amide bonds. The summed E-state index contributed by atoms with van der Waals surface area (Å²) in [4.78, 5) is 11.1. The summed E-state index contributed by atoms with van der Waals surface area (Å²) >= 11 is 0. The van der Waals surface area contributed by atoms with Gasteiger partial charge in [-0.05, 0) is 30.2 Å². The zero-order valence-corrected chi connectivity index (χ0v) is 10.6. The molecule has 0 aliphatic carbocycles. The lowest BCUT2D eigenvalue weighted by Gasteiger charge is -2.21. The van der Waals surface area contributed by atoms with Gasteiger partial charge in [-0.3, -0.25) is 0 Å². The van der Waals surface area contributed by atoms with E-state index >= 15 is 0 Å². The molecule has 1 aromatic carbocycles. The molecule has 0 unspecified atom stereocenters. The minimum atomic E-state index is -5.26. The van der Waals surface area contributed by atoms with Gasteiger partial charge in [0.05, 0.1) is 14.2 Å². The summed E-state index contributed by atoms with van der Waals surface area (Å²) in [5.74, 6) is 2.20. The molecule has 0 aromatic heterocycles. The molecule has 0 aliphatic rings.